The molecule has 1 N–H and O–H groups in total. The molecule has 1 amide bonds. The van der Waals surface area contributed by atoms with Crippen LogP contribution in [0.1, 0.15) is 21.7 Å². The molecule has 1 heterocycles. The molecule has 0 aliphatic rings. The average molecular weight is 352 g/mol. The topological polar surface area (TPSA) is 54.7 Å². The van der Waals surface area contributed by atoms with Crippen LogP contribution in [0, 0.1) is 6.92 Å². The summed E-state index contributed by atoms with van der Waals surface area (Å²) in [5.74, 6) is 1.20. The van der Waals surface area contributed by atoms with Gasteiger partial charge >= 0.3 is 0 Å². The molecule has 2 aromatic carbocycles. The monoisotopic (exact) mass is 352 g/mol. The quantitative estimate of drug-likeness (QED) is 0.706. The fraction of sp³-hybridized carbons (Fsp3) is 0.286. The average Bonchev–Trinajstić information content (AvgIpc) is 2.95. The van der Waals surface area contributed by atoms with Crippen LogP contribution in [-0.2, 0) is 6.61 Å². The number of nitrogens with one attached hydrogen (secondary N) is 1. The Morgan fingerprint density at radius 3 is 2.65 bits per heavy atom. The fourth-order valence-corrected chi connectivity index (χ4v) is 2.79. The third-order valence-corrected chi connectivity index (χ3v) is 4.16. The van der Waals surface area contributed by atoms with Gasteiger partial charge in [0.15, 0.2) is 0 Å². The van der Waals surface area contributed by atoms with Gasteiger partial charge in [-0.05, 0) is 44.8 Å². The summed E-state index contributed by atoms with van der Waals surface area (Å²) in [6, 6.07) is 15.6. The predicted molar refractivity (Wildman–Crippen MR) is 103 cm³/mol. The van der Waals surface area contributed by atoms with Crippen LogP contribution < -0.4 is 10.1 Å². The summed E-state index contributed by atoms with van der Waals surface area (Å²) >= 11 is 0. The Bertz CT molecular complexity index is 885. The summed E-state index contributed by atoms with van der Waals surface area (Å²) in [5, 5.41) is 3.72. The van der Waals surface area contributed by atoms with Crippen molar-refractivity contribution in [1.29, 1.82) is 0 Å². The Labute approximate surface area is 153 Å². The van der Waals surface area contributed by atoms with E-state index in [2.05, 4.69) is 5.32 Å². The highest BCUT2D eigenvalue weighted by Gasteiger charge is 2.18. The molecule has 0 saturated heterocycles. The van der Waals surface area contributed by atoms with Crippen LogP contribution in [0.3, 0.4) is 0 Å². The fourth-order valence-electron chi connectivity index (χ4n) is 2.79. The number of carbonyl (C=O) groups excluding carboxylic acids is 1. The normalized spacial score (nSPS) is 11.1. The number of rotatable bonds is 7. The molecule has 5 heteroatoms. The minimum Gasteiger partial charge on any atom is -0.489 e. The van der Waals surface area contributed by atoms with Gasteiger partial charge in [-0.1, -0.05) is 30.3 Å². The lowest BCUT2D eigenvalue weighted by Gasteiger charge is -2.10. The van der Waals surface area contributed by atoms with E-state index in [0.29, 0.717) is 35.8 Å². The Morgan fingerprint density at radius 2 is 1.92 bits per heavy atom. The maximum absolute atomic E-state index is 12.6. The molecule has 0 aliphatic heterocycles. The molecule has 0 saturated carbocycles. The van der Waals surface area contributed by atoms with E-state index in [4.69, 9.17) is 9.15 Å². The van der Waals surface area contributed by atoms with Crippen molar-refractivity contribution in [3.8, 4) is 5.75 Å². The number of ether oxygens (including phenoxy) is 1. The lowest BCUT2D eigenvalue weighted by molar-refractivity contribution is 0.0951. The highest BCUT2D eigenvalue weighted by molar-refractivity contribution is 6.07. The molecular formula is C21H24N2O3. The van der Waals surface area contributed by atoms with Gasteiger partial charge in [-0.2, -0.15) is 0 Å². The SMILES string of the molecule is Cc1oc2ccc(OCc3ccccc3)cc2c1C(=O)NCCN(C)C. The van der Waals surface area contributed by atoms with Crippen LogP contribution in [0.5, 0.6) is 5.75 Å². The van der Waals surface area contributed by atoms with E-state index in [1.165, 1.54) is 0 Å². The largest absolute Gasteiger partial charge is 0.489 e. The van der Waals surface area contributed by atoms with E-state index in [9.17, 15) is 4.79 Å². The minimum absolute atomic E-state index is 0.122. The Hall–Kier alpha value is -2.79. The summed E-state index contributed by atoms with van der Waals surface area (Å²) in [7, 11) is 3.95. The number of benzene rings is 2. The van der Waals surface area contributed by atoms with Crippen molar-refractivity contribution >= 4 is 16.9 Å². The smallest absolute Gasteiger partial charge is 0.255 e. The van der Waals surface area contributed by atoms with Crippen molar-refractivity contribution in [3.05, 3.63) is 65.4 Å². The van der Waals surface area contributed by atoms with Gasteiger partial charge in [-0.3, -0.25) is 4.79 Å². The maximum atomic E-state index is 12.6. The van der Waals surface area contributed by atoms with Gasteiger partial charge in [0.05, 0.1) is 5.56 Å². The summed E-state index contributed by atoms with van der Waals surface area (Å²) in [6.07, 6.45) is 0. The number of carbonyl (C=O) groups is 1. The van der Waals surface area contributed by atoms with Crippen LogP contribution in [0.25, 0.3) is 11.0 Å². The molecule has 136 valence electrons. The summed E-state index contributed by atoms with van der Waals surface area (Å²) in [5.41, 5.74) is 2.36. The second-order valence-corrected chi connectivity index (χ2v) is 6.52. The summed E-state index contributed by atoms with van der Waals surface area (Å²) in [4.78, 5) is 14.6. The van der Waals surface area contributed by atoms with Crippen molar-refractivity contribution in [1.82, 2.24) is 10.2 Å². The zero-order valence-corrected chi connectivity index (χ0v) is 15.4. The Balaban J connectivity index is 1.78. The van der Waals surface area contributed by atoms with Gasteiger partial charge in [-0.15, -0.1) is 0 Å². The molecule has 0 unspecified atom stereocenters. The molecule has 5 nitrogen and oxygen atoms in total. The third-order valence-electron chi connectivity index (χ3n) is 4.16. The molecule has 3 aromatic rings. The van der Waals surface area contributed by atoms with Gasteiger partial charge in [-0.25, -0.2) is 0 Å². The van der Waals surface area contributed by atoms with Gasteiger partial charge in [0.2, 0.25) is 0 Å². The van der Waals surface area contributed by atoms with Crippen LogP contribution >= 0.6 is 0 Å². The molecule has 0 aliphatic carbocycles. The number of nitrogens with zero attached hydrogens (tertiary/aromatic N) is 1. The van der Waals surface area contributed by atoms with E-state index in [1.807, 2.05) is 74.4 Å². The van der Waals surface area contributed by atoms with Crippen molar-refractivity contribution in [2.75, 3.05) is 27.2 Å². The van der Waals surface area contributed by atoms with Crippen molar-refractivity contribution in [2.45, 2.75) is 13.5 Å². The number of hydrogen-bond acceptors (Lipinski definition) is 4. The van der Waals surface area contributed by atoms with Gasteiger partial charge in [0.1, 0.15) is 23.7 Å². The highest BCUT2D eigenvalue weighted by Crippen LogP contribution is 2.29. The summed E-state index contributed by atoms with van der Waals surface area (Å²) in [6.45, 7) is 3.66. The molecule has 26 heavy (non-hydrogen) atoms. The maximum Gasteiger partial charge on any atom is 0.255 e. The van der Waals surface area contributed by atoms with Crippen LogP contribution in [0.4, 0.5) is 0 Å². The molecule has 0 radical (unpaired) electrons. The van der Waals surface area contributed by atoms with Crippen LogP contribution in [-0.4, -0.2) is 38.0 Å². The lowest BCUT2D eigenvalue weighted by atomic mass is 10.1. The van der Waals surface area contributed by atoms with E-state index in [1.54, 1.807) is 0 Å². The Kier molecular flexibility index (Phi) is 5.58. The number of furan rings is 1. The first kappa shape index (κ1) is 18.0. The van der Waals surface area contributed by atoms with E-state index in [0.717, 1.165) is 17.5 Å². The van der Waals surface area contributed by atoms with E-state index in [-0.39, 0.29) is 5.91 Å². The van der Waals surface area contributed by atoms with Crippen LogP contribution in [0.15, 0.2) is 52.9 Å². The molecule has 3 rings (SSSR count). The number of likely N-dealkylation sites (N-methyl/N-ethyl adjacent to an activating group) is 1. The molecule has 0 atom stereocenters. The van der Waals surface area contributed by atoms with Crippen molar-refractivity contribution < 1.29 is 13.9 Å². The van der Waals surface area contributed by atoms with E-state index >= 15 is 0 Å². The predicted octanol–water partition coefficient (Wildman–Crippen LogP) is 3.61. The van der Waals surface area contributed by atoms with Gasteiger partial charge < -0.3 is 19.4 Å². The van der Waals surface area contributed by atoms with Crippen molar-refractivity contribution in [2.24, 2.45) is 0 Å². The molecule has 0 bridgehead atoms. The molecule has 0 fully saturated rings. The first-order valence-corrected chi connectivity index (χ1v) is 8.67. The summed E-state index contributed by atoms with van der Waals surface area (Å²) < 4.78 is 11.6. The molecule has 0 spiro atoms. The second-order valence-electron chi connectivity index (χ2n) is 6.52. The Morgan fingerprint density at radius 1 is 1.15 bits per heavy atom. The third kappa shape index (κ3) is 4.24. The highest BCUT2D eigenvalue weighted by atomic mass is 16.5. The van der Waals surface area contributed by atoms with Crippen LogP contribution in [0.2, 0.25) is 0 Å². The van der Waals surface area contributed by atoms with Crippen molar-refractivity contribution in [3.63, 3.8) is 0 Å². The number of aryl methyl sites for hydroxylation is 1. The minimum atomic E-state index is -0.122. The number of hydrogen-bond donors (Lipinski definition) is 1. The van der Waals surface area contributed by atoms with Gasteiger partial charge in [0.25, 0.3) is 5.91 Å². The molecular weight excluding hydrogens is 328 g/mol. The first-order chi connectivity index (χ1) is 12.5. The number of fused-ring (bicyclic) bond motifs is 1. The zero-order chi connectivity index (χ0) is 18.5. The second kappa shape index (κ2) is 8.06. The van der Waals surface area contributed by atoms with Gasteiger partial charge in [0, 0.05) is 18.5 Å². The number of amides is 1. The standard InChI is InChI=1S/C21H24N2O3/c1-15-20(21(24)22-11-12-23(2)3)18-13-17(9-10-19(18)26-15)25-14-16-7-5-4-6-8-16/h4-10,13H,11-12,14H2,1-3H3,(H,22,24). The van der Waals surface area contributed by atoms with E-state index < -0.39 is 0 Å². The first-order valence-electron chi connectivity index (χ1n) is 8.67. The molecule has 1 aromatic heterocycles. The lowest BCUT2D eigenvalue weighted by Crippen LogP contribution is -2.31. The zero-order valence-electron chi connectivity index (χ0n) is 15.4.